The van der Waals surface area contributed by atoms with E-state index in [0.29, 0.717) is 6.61 Å². The third-order valence-electron chi connectivity index (χ3n) is 4.63. The van der Waals surface area contributed by atoms with E-state index in [2.05, 4.69) is 17.4 Å². The molecule has 0 heterocycles. The molecular formula is C22H27NO3. The first kappa shape index (κ1) is 18.3. The van der Waals surface area contributed by atoms with Crippen LogP contribution in [0.1, 0.15) is 37.8 Å². The molecule has 2 atom stereocenters. The highest BCUT2D eigenvalue weighted by Gasteiger charge is 2.18. The van der Waals surface area contributed by atoms with Gasteiger partial charge in [-0.05, 0) is 74.9 Å². The number of carbonyl (C=O) groups excluding carboxylic acids is 1. The highest BCUT2D eigenvalue weighted by Crippen LogP contribution is 2.25. The minimum atomic E-state index is -0.546. The quantitative estimate of drug-likeness (QED) is 0.821. The number of aryl methyl sites for hydroxylation is 2. The summed E-state index contributed by atoms with van der Waals surface area (Å²) >= 11 is 0. The molecule has 1 amide bonds. The molecule has 0 saturated carbocycles. The summed E-state index contributed by atoms with van der Waals surface area (Å²) in [5.74, 6) is 1.43. The zero-order valence-corrected chi connectivity index (χ0v) is 15.5. The highest BCUT2D eigenvalue weighted by atomic mass is 16.5. The summed E-state index contributed by atoms with van der Waals surface area (Å²) in [7, 11) is 0. The molecule has 0 bridgehead atoms. The van der Waals surface area contributed by atoms with Crippen LogP contribution in [0.4, 0.5) is 0 Å². The molecule has 0 saturated heterocycles. The van der Waals surface area contributed by atoms with Gasteiger partial charge in [0.2, 0.25) is 0 Å². The van der Waals surface area contributed by atoms with Gasteiger partial charge >= 0.3 is 0 Å². The average molecular weight is 353 g/mol. The van der Waals surface area contributed by atoms with Crippen molar-refractivity contribution in [3.63, 3.8) is 0 Å². The third kappa shape index (κ3) is 5.01. The number of benzene rings is 2. The molecule has 4 nitrogen and oxygen atoms in total. The van der Waals surface area contributed by atoms with Gasteiger partial charge in [0.25, 0.3) is 5.91 Å². The molecule has 0 unspecified atom stereocenters. The second-order valence-electron chi connectivity index (χ2n) is 6.93. The summed E-state index contributed by atoms with van der Waals surface area (Å²) in [5.41, 5.74) is 2.76. The molecule has 1 aliphatic rings. The smallest absolute Gasteiger partial charge is 0.261 e. The van der Waals surface area contributed by atoms with E-state index >= 15 is 0 Å². The molecule has 2 aromatic rings. The molecule has 0 radical (unpaired) electrons. The maximum atomic E-state index is 12.4. The highest BCUT2D eigenvalue weighted by molar-refractivity contribution is 5.81. The lowest BCUT2D eigenvalue weighted by Gasteiger charge is -2.21. The van der Waals surface area contributed by atoms with Crippen LogP contribution in [-0.2, 0) is 17.6 Å². The third-order valence-corrected chi connectivity index (χ3v) is 4.63. The number of carbonyl (C=O) groups is 1. The lowest BCUT2D eigenvalue weighted by molar-refractivity contribution is -0.128. The molecular weight excluding hydrogens is 326 g/mol. The Hall–Kier alpha value is -2.49. The van der Waals surface area contributed by atoms with Gasteiger partial charge in [-0.2, -0.15) is 0 Å². The number of hydrogen-bond acceptors (Lipinski definition) is 3. The van der Waals surface area contributed by atoms with Crippen LogP contribution in [0.3, 0.4) is 0 Å². The molecule has 1 N–H and O–H groups in total. The van der Waals surface area contributed by atoms with Gasteiger partial charge in [-0.1, -0.05) is 24.3 Å². The van der Waals surface area contributed by atoms with Crippen molar-refractivity contribution in [3.05, 3.63) is 59.7 Å². The van der Waals surface area contributed by atoms with E-state index in [-0.39, 0.29) is 11.9 Å². The lowest BCUT2D eigenvalue weighted by Crippen LogP contribution is -2.43. The summed E-state index contributed by atoms with van der Waals surface area (Å²) in [6, 6.07) is 15.7. The fourth-order valence-electron chi connectivity index (χ4n) is 3.18. The van der Waals surface area contributed by atoms with E-state index < -0.39 is 6.10 Å². The average Bonchev–Trinajstić information content (AvgIpc) is 2.67. The molecule has 1 aliphatic carbocycles. The molecule has 3 rings (SSSR count). The Bertz CT molecular complexity index is 729. The maximum Gasteiger partial charge on any atom is 0.261 e. The monoisotopic (exact) mass is 353 g/mol. The molecule has 0 aromatic heterocycles. The fraction of sp³-hybridized carbons (Fsp3) is 0.409. The number of rotatable bonds is 7. The van der Waals surface area contributed by atoms with E-state index in [1.165, 1.54) is 24.0 Å². The molecule has 138 valence electrons. The van der Waals surface area contributed by atoms with Crippen molar-refractivity contribution in [1.82, 2.24) is 5.32 Å². The summed E-state index contributed by atoms with van der Waals surface area (Å²) in [6.45, 7) is 4.12. The Morgan fingerprint density at radius 2 is 1.73 bits per heavy atom. The molecule has 0 aliphatic heterocycles. The van der Waals surface area contributed by atoms with Gasteiger partial charge in [0.1, 0.15) is 18.1 Å². The SMILES string of the molecule is C[C@@H](COc1ccccc1)NC(=O)[C@@H](C)Oc1ccc2c(c1)CCCC2. The minimum Gasteiger partial charge on any atom is -0.491 e. The topological polar surface area (TPSA) is 47.6 Å². The number of para-hydroxylation sites is 1. The second kappa shape index (κ2) is 8.75. The predicted molar refractivity (Wildman–Crippen MR) is 103 cm³/mol. The Morgan fingerprint density at radius 1 is 1.00 bits per heavy atom. The first-order valence-corrected chi connectivity index (χ1v) is 9.38. The van der Waals surface area contributed by atoms with Crippen molar-refractivity contribution in [2.75, 3.05) is 6.61 Å². The fourth-order valence-corrected chi connectivity index (χ4v) is 3.18. The maximum absolute atomic E-state index is 12.4. The van der Waals surface area contributed by atoms with Crippen molar-refractivity contribution in [2.24, 2.45) is 0 Å². The number of ether oxygens (including phenoxy) is 2. The van der Waals surface area contributed by atoms with Crippen LogP contribution in [-0.4, -0.2) is 24.7 Å². The van der Waals surface area contributed by atoms with E-state index in [1.54, 1.807) is 6.92 Å². The van der Waals surface area contributed by atoms with Gasteiger partial charge in [-0.3, -0.25) is 4.79 Å². The molecule has 0 fully saturated rings. The van der Waals surface area contributed by atoms with Crippen LogP contribution < -0.4 is 14.8 Å². The first-order valence-electron chi connectivity index (χ1n) is 9.38. The van der Waals surface area contributed by atoms with E-state index in [9.17, 15) is 4.79 Å². The van der Waals surface area contributed by atoms with Crippen molar-refractivity contribution in [1.29, 1.82) is 0 Å². The molecule has 0 spiro atoms. The van der Waals surface area contributed by atoms with Crippen LogP contribution in [0.5, 0.6) is 11.5 Å². The molecule has 26 heavy (non-hydrogen) atoms. The van der Waals surface area contributed by atoms with Crippen molar-refractivity contribution in [2.45, 2.75) is 51.7 Å². The zero-order chi connectivity index (χ0) is 18.4. The van der Waals surface area contributed by atoms with Crippen LogP contribution in [0.25, 0.3) is 0 Å². The Morgan fingerprint density at radius 3 is 2.50 bits per heavy atom. The molecule has 2 aromatic carbocycles. The zero-order valence-electron chi connectivity index (χ0n) is 15.5. The number of nitrogens with one attached hydrogen (secondary N) is 1. The molecule has 4 heteroatoms. The predicted octanol–water partition coefficient (Wildman–Crippen LogP) is 3.92. The van der Waals surface area contributed by atoms with Gasteiger partial charge in [-0.15, -0.1) is 0 Å². The van der Waals surface area contributed by atoms with Crippen LogP contribution in [0, 0.1) is 0 Å². The minimum absolute atomic E-state index is 0.0997. The summed E-state index contributed by atoms with van der Waals surface area (Å²) in [4.78, 5) is 12.4. The van der Waals surface area contributed by atoms with E-state index in [0.717, 1.165) is 24.3 Å². The van der Waals surface area contributed by atoms with Gasteiger partial charge in [-0.25, -0.2) is 0 Å². The van der Waals surface area contributed by atoms with Gasteiger partial charge in [0.05, 0.1) is 6.04 Å². The first-order chi connectivity index (χ1) is 12.6. The Labute approximate surface area is 155 Å². The summed E-state index contributed by atoms with van der Waals surface area (Å²) < 4.78 is 11.5. The van der Waals surface area contributed by atoms with Crippen LogP contribution in [0.2, 0.25) is 0 Å². The number of amides is 1. The standard InChI is InChI=1S/C22H27NO3/c1-16(15-25-20-10-4-3-5-11-20)23-22(24)17(2)26-21-13-12-18-8-6-7-9-19(18)14-21/h3-5,10-14,16-17H,6-9,15H2,1-2H3,(H,23,24)/t16-,17+/m0/s1. The normalized spacial score (nSPS) is 15.5. The van der Waals surface area contributed by atoms with Crippen LogP contribution in [0.15, 0.2) is 48.5 Å². The van der Waals surface area contributed by atoms with Crippen molar-refractivity contribution >= 4 is 5.91 Å². The summed E-state index contributed by atoms with van der Waals surface area (Å²) in [5, 5.41) is 2.94. The van der Waals surface area contributed by atoms with Gasteiger partial charge < -0.3 is 14.8 Å². The van der Waals surface area contributed by atoms with Crippen molar-refractivity contribution in [3.8, 4) is 11.5 Å². The van der Waals surface area contributed by atoms with E-state index in [1.807, 2.05) is 43.3 Å². The Balaban J connectivity index is 1.48. The van der Waals surface area contributed by atoms with Crippen molar-refractivity contribution < 1.29 is 14.3 Å². The van der Waals surface area contributed by atoms with Gasteiger partial charge in [0.15, 0.2) is 6.10 Å². The largest absolute Gasteiger partial charge is 0.491 e. The lowest BCUT2D eigenvalue weighted by atomic mass is 9.92. The second-order valence-corrected chi connectivity index (χ2v) is 6.93. The van der Waals surface area contributed by atoms with Crippen LogP contribution >= 0.6 is 0 Å². The number of hydrogen-bond donors (Lipinski definition) is 1. The summed E-state index contributed by atoms with van der Waals surface area (Å²) in [6.07, 6.45) is 4.18. The Kier molecular flexibility index (Phi) is 6.16. The number of fused-ring (bicyclic) bond motifs is 1. The van der Waals surface area contributed by atoms with Gasteiger partial charge in [0, 0.05) is 0 Å². The van der Waals surface area contributed by atoms with E-state index in [4.69, 9.17) is 9.47 Å².